The van der Waals surface area contributed by atoms with Crippen molar-refractivity contribution in [1.29, 1.82) is 0 Å². The van der Waals surface area contributed by atoms with Crippen LogP contribution in [0.2, 0.25) is 0 Å². The van der Waals surface area contributed by atoms with Crippen molar-refractivity contribution in [3.05, 3.63) is 74.1 Å². The summed E-state index contributed by atoms with van der Waals surface area (Å²) in [6.07, 6.45) is -10.6. The second-order valence-electron chi connectivity index (χ2n) is 21.1. The van der Waals surface area contributed by atoms with Crippen molar-refractivity contribution in [2.75, 3.05) is 40.1 Å². The Hall–Kier alpha value is -7.74. The molecule has 0 unspecified atom stereocenters. The van der Waals surface area contributed by atoms with E-state index < -0.39 is 157 Å². The lowest BCUT2D eigenvalue weighted by Crippen LogP contribution is -2.56. The molecular formula is C55H70F3N9O18. The number of carbonyl (C=O) groups is 9. The number of nitrogens with one attached hydrogen (secondary N) is 5. The zero-order valence-electron chi connectivity index (χ0n) is 47.4. The fraction of sp³-hybridized carbons (Fsp3) is 0.545. The predicted octanol–water partition coefficient (Wildman–Crippen LogP) is -2.19. The highest BCUT2D eigenvalue weighted by Gasteiger charge is 2.46. The van der Waals surface area contributed by atoms with Crippen LogP contribution in [0.1, 0.15) is 99.6 Å². The molecule has 0 bridgehead atoms. The Morgan fingerprint density at radius 2 is 1.45 bits per heavy atom. The predicted molar refractivity (Wildman–Crippen MR) is 289 cm³/mol. The minimum Gasteiger partial charge on any atom is -0.458 e. The summed E-state index contributed by atoms with van der Waals surface area (Å²) in [4.78, 5) is 136. The minimum atomic E-state index is -4.69. The Bertz CT molecular complexity index is 3170. The van der Waals surface area contributed by atoms with Crippen molar-refractivity contribution in [1.82, 2.24) is 45.9 Å². The first kappa shape index (κ1) is 66.4. The lowest BCUT2D eigenvalue weighted by atomic mass is 9.86. The average molecular weight is 1200 g/mol. The second-order valence-corrected chi connectivity index (χ2v) is 21.1. The van der Waals surface area contributed by atoms with Crippen molar-refractivity contribution in [3.8, 4) is 11.4 Å². The monoisotopic (exact) mass is 1200 g/mol. The van der Waals surface area contributed by atoms with Crippen LogP contribution in [-0.2, 0) is 84.0 Å². The molecule has 0 aliphatic carbocycles. The molecule has 3 aliphatic rings. The van der Waals surface area contributed by atoms with Crippen molar-refractivity contribution < 1.29 is 96.4 Å². The number of imide groups is 1. The number of amides is 8. The maximum atomic E-state index is 14.2. The molecule has 30 heteroatoms. The van der Waals surface area contributed by atoms with Gasteiger partial charge in [0.05, 0.1) is 41.2 Å². The Morgan fingerprint density at radius 1 is 0.835 bits per heavy atom. The van der Waals surface area contributed by atoms with Crippen molar-refractivity contribution in [2.45, 2.75) is 153 Å². The van der Waals surface area contributed by atoms with Crippen molar-refractivity contribution >= 4 is 64.1 Å². The van der Waals surface area contributed by atoms with E-state index in [1.807, 2.05) is 0 Å². The maximum absolute atomic E-state index is 14.2. The molecular weight excluding hydrogens is 1130 g/mol. The lowest BCUT2D eigenvalue weighted by molar-refractivity contribution is -0.172. The number of hydrogen-bond acceptors (Lipinski definition) is 19. The molecule has 2 aromatic heterocycles. The quantitative estimate of drug-likeness (QED) is 0.0124. The van der Waals surface area contributed by atoms with Gasteiger partial charge in [0.15, 0.2) is 5.60 Å². The number of aryl methyl sites for hydroxylation is 2. The molecule has 0 saturated carbocycles. The summed E-state index contributed by atoms with van der Waals surface area (Å²) < 4.78 is 54.6. The van der Waals surface area contributed by atoms with Gasteiger partial charge in [-0.05, 0) is 89.1 Å². The van der Waals surface area contributed by atoms with E-state index in [2.05, 4.69) is 31.6 Å². The van der Waals surface area contributed by atoms with Crippen LogP contribution in [0.15, 0.2) is 35.1 Å². The van der Waals surface area contributed by atoms with E-state index in [9.17, 15) is 86.6 Å². The highest BCUT2D eigenvalue weighted by atomic mass is 19.4. The zero-order valence-corrected chi connectivity index (χ0v) is 47.4. The molecule has 0 saturated heterocycles. The van der Waals surface area contributed by atoms with E-state index in [1.54, 1.807) is 6.92 Å². The smallest absolute Gasteiger partial charge is 0.416 e. The Labute approximate surface area is 483 Å². The summed E-state index contributed by atoms with van der Waals surface area (Å²) in [5.41, 5.74) is -1.74. The first-order valence-corrected chi connectivity index (χ1v) is 27.3. The van der Waals surface area contributed by atoms with Gasteiger partial charge in [0.25, 0.3) is 17.4 Å². The number of unbranched alkanes of at least 4 members (excludes halogenated alkanes) is 1. The third-order valence-corrected chi connectivity index (χ3v) is 15.0. The first-order chi connectivity index (χ1) is 39.9. The summed E-state index contributed by atoms with van der Waals surface area (Å²) in [6, 6.07) is -1.52. The number of fused-ring (bicyclic) bond motifs is 5. The molecule has 9 atom stereocenters. The number of benzene rings is 1. The Kier molecular flexibility index (Phi) is 21.9. The Morgan fingerprint density at radius 3 is 2.06 bits per heavy atom. The van der Waals surface area contributed by atoms with Gasteiger partial charge in [-0.1, -0.05) is 6.92 Å². The van der Waals surface area contributed by atoms with Gasteiger partial charge in [-0.15, -0.1) is 0 Å². The molecule has 3 aromatic rings. The normalized spacial score (nSPS) is 18.2. The highest BCUT2D eigenvalue weighted by Crippen LogP contribution is 2.42. The first-order valence-electron chi connectivity index (χ1n) is 27.3. The van der Waals surface area contributed by atoms with Crippen LogP contribution in [0.5, 0.6) is 0 Å². The number of nitrogens with zero attached hydrogens (tertiary/aromatic N) is 4. The second kappa shape index (κ2) is 28.0. The largest absolute Gasteiger partial charge is 0.458 e. The number of aliphatic hydroxyl groups is 6. The minimum absolute atomic E-state index is 0.0137. The molecule has 1 aromatic carbocycles. The zero-order chi connectivity index (χ0) is 63.0. The van der Waals surface area contributed by atoms with Crippen LogP contribution in [-0.4, -0.2) is 192 Å². The number of hydrogen-bond donors (Lipinski definition) is 11. The number of rotatable bonds is 28. The van der Waals surface area contributed by atoms with Crippen LogP contribution in [0.3, 0.4) is 0 Å². The molecule has 27 nitrogen and oxygen atoms in total. The Balaban J connectivity index is 0.990. The number of aliphatic hydroxyl groups excluding tert-OH is 5. The fourth-order valence-corrected chi connectivity index (χ4v) is 9.86. The van der Waals surface area contributed by atoms with Gasteiger partial charge in [-0.2, -0.15) is 13.2 Å². The molecule has 5 heterocycles. The number of aromatic nitrogens is 2. The van der Waals surface area contributed by atoms with E-state index >= 15 is 0 Å². The molecule has 0 spiro atoms. The van der Waals surface area contributed by atoms with Gasteiger partial charge in [0.2, 0.25) is 35.4 Å². The van der Waals surface area contributed by atoms with Gasteiger partial charge in [-0.3, -0.25) is 48.1 Å². The summed E-state index contributed by atoms with van der Waals surface area (Å²) >= 11 is 0. The van der Waals surface area contributed by atoms with Gasteiger partial charge in [0, 0.05) is 68.3 Å². The average Bonchev–Trinajstić information content (AvgIpc) is 1.73. The van der Waals surface area contributed by atoms with Crippen LogP contribution in [0, 0.1) is 6.92 Å². The molecule has 85 heavy (non-hydrogen) atoms. The van der Waals surface area contributed by atoms with Gasteiger partial charge in [0.1, 0.15) is 61.9 Å². The third kappa shape index (κ3) is 15.4. The molecule has 464 valence electrons. The number of halogens is 3. The number of carbonyl (C=O) groups excluding carboxylic acids is 9. The van der Waals surface area contributed by atoms with E-state index in [-0.39, 0.29) is 73.0 Å². The van der Waals surface area contributed by atoms with Gasteiger partial charge in [-0.25, -0.2) is 9.78 Å². The van der Waals surface area contributed by atoms with Crippen molar-refractivity contribution in [3.63, 3.8) is 0 Å². The summed E-state index contributed by atoms with van der Waals surface area (Å²) in [6.45, 7) is 4.34. The number of alkyl halides is 3. The number of esters is 1. The molecule has 6 rings (SSSR count). The maximum Gasteiger partial charge on any atom is 0.416 e. The molecule has 0 fully saturated rings. The topological polar surface area (TPSA) is 395 Å². The van der Waals surface area contributed by atoms with E-state index in [1.165, 1.54) is 51.4 Å². The third-order valence-electron chi connectivity index (χ3n) is 15.0. The highest BCUT2D eigenvalue weighted by molar-refractivity contribution is 6.13. The van der Waals surface area contributed by atoms with Gasteiger partial charge < -0.3 is 76.2 Å². The fourth-order valence-electron chi connectivity index (χ4n) is 9.86. The van der Waals surface area contributed by atoms with Crippen molar-refractivity contribution in [2.24, 2.45) is 0 Å². The van der Waals surface area contributed by atoms with E-state index in [0.29, 0.717) is 35.8 Å². The number of pyridine rings is 2. The lowest BCUT2D eigenvalue weighted by Gasteiger charge is -2.31. The molecule has 11 N–H and O–H groups in total. The standard InChI is InChI=1S/C55H70F3N9O18/c1-7-54(83)35-20-38-45-32(21-67(38)52(81)33(35)24-85-53(54)82)30(31-18-26(2)34(55(56,57)58)19-37(31)64-45)10-8-9-17-84-25-59-48(77)27(3)60-49(78)28(4)61-50(79)29(5)62-51(80)36(63-41(71)15-16-66-43(73)13-14-44(66)74)11-12-42(72)65(6)22-39(69)46(75)47(76)40(70)23-68/h13-14,18-20,27-29,36,39-40,46-47,68-70,75-76,83H,7-12,15-17,21-25H2,1-6H3,(H,59,77)(H,60,78)(H,61,79)(H,62,80)(H,63,71)/t27-,28-,29-,36-,39-,40+,46+,47+,54-/m0/s1. The number of cyclic esters (lactones) is 1. The SMILES string of the molecule is CC[C@@]1(O)C(=O)OCc2c1cc1n(c2=O)Cc2c-1nc1cc(C(F)(F)F)c(C)cc1c2CCCCOCNC(=O)[C@H](C)NC(=O)[C@H](C)NC(=O)[C@H](C)NC(=O)[C@H](CCC(=O)N(C)C[C@H](O)[C@@H](O)[C@H](O)[C@H](O)CO)NC(=O)CCN1C(=O)C=CC1=O. The van der Waals surface area contributed by atoms with E-state index in [4.69, 9.17) is 14.6 Å². The van der Waals surface area contributed by atoms with Crippen LogP contribution < -0.4 is 32.1 Å². The number of likely N-dealkylation sites (N-methyl/N-ethyl adjacent to an activating group) is 1. The van der Waals surface area contributed by atoms with Crippen LogP contribution >= 0.6 is 0 Å². The summed E-state index contributed by atoms with van der Waals surface area (Å²) in [5.74, 6) is -7.21. The van der Waals surface area contributed by atoms with Gasteiger partial charge >= 0.3 is 12.1 Å². The number of ether oxygens (including phenoxy) is 2. The van der Waals surface area contributed by atoms with Crippen LogP contribution in [0.25, 0.3) is 22.3 Å². The molecule has 3 aliphatic heterocycles. The summed E-state index contributed by atoms with van der Waals surface area (Å²) in [5, 5.41) is 73.0. The van der Waals surface area contributed by atoms with Crippen LogP contribution in [0.4, 0.5) is 13.2 Å². The summed E-state index contributed by atoms with van der Waals surface area (Å²) in [7, 11) is 1.21. The molecule has 8 amide bonds. The van der Waals surface area contributed by atoms with E-state index in [0.717, 1.165) is 28.0 Å². The molecule has 0 radical (unpaired) electrons.